The maximum atomic E-state index is 13.1. The molecule has 1 aliphatic heterocycles. The molecule has 1 atom stereocenters. The summed E-state index contributed by atoms with van der Waals surface area (Å²) in [5.41, 5.74) is 1.63. The molecule has 1 N–H and O–H groups in total. The predicted molar refractivity (Wildman–Crippen MR) is 95.1 cm³/mol. The molecule has 0 aromatic carbocycles. The Hall–Kier alpha value is -1.93. The number of aliphatic carboxylic acids is 1. The number of fused-ring (bicyclic) bond motifs is 1. The average Bonchev–Trinajstić information content (AvgIpc) is 2.96. The van der Waals surface area contributed by atoms with E-state index in [-0.39, 0.29) is 18.7 Å². The Morgan fingerprint density at radius 3 is 2.69 bits per heavy atom. The monoisotopic (exact) mass is 379 g/mol. The molecule has 0 spiro atoms. The third-order valence-electron chi connectivity index (χ3n) is 4.83. The molecule has 1 aromatic heterocycles. The van der Waals surface area contributed by atoms with Gasteiger partial charge in [-0.05, 0) is 37.2 Å². The molecular weight excluding hydrogens is 356 g/mol. The van der Waals surface area contributed by atoms with Gasteiger partial charge < -0.3 is 24.9 Å². The average molecular weight is 379 g/mol. The fraction of sp³-hybridized carbons (Fsp3) is 0.611. The molecule has 1 saturated heterocycles. The molecule has 2 heterocycles. The van der Waals surface area contributed by atoms with Crippen molar-refractivity contribution in [2.75, 3.05) is 31.6 Å². The van der Waals surface area contributed by atoms with Crippen molar-refractivity contribution in [3.63, 3.8) is 0 Å². The van der Waals surface area contributed by atoms with Crippen molar-refractivity contribution in [1.29, 1.82) is 0 Å². The van der Waals surface area contributed by atoms with Crippen LogP contribution in [0.15, 0.2) is 0 Å². The van der Waals surface area contributed by atoms with E-state index in [1.54, 1.807) is 4.90 Å². The normalized spacial score (nSPS) is 19.7. The van der Waals surface area contributed by atoms with E-state index in [0.29, 0.717) is 42.8 Å². The van der Waals surface area contributed by atoms with Crippen LogP contribution < -0.4 is 10.4 Å². The highest BCUT2D eigenvalue weighted by Crippen LogP contribution is 2.40. The lowest BCUT2D eigenvalue weighted by atomic mass is 9.88. The molecule has 1 aliphatic carbocycles. The van der Waals surface area contributed by atoms with E-state index in [9.17, 15) is 19.5 Å². The van der Waals surface area contributed by atoms with Gasteiger partial charge in [-0.3, -0.25) is 9.59 Å². The lowest BCUT2D eigenvalue weighted by Crippen LogP contribution is -2.41. The maximum absolute atomic E-state index is 13.1. The summed E-state index contributed by atoms with van der Waals surface area (Å²) < 4.78 is 5.32. The first-order valence-corrected chi connectivity index (χ1v) is 9.78. The summed E-state index contributed by atoms with van der Waals surface area (Å²) in [7, 11) is 0. The lowest BCUT2D eigenvalue weighted by molar-refractivity contribution is -0.305. The van der Waals surface area contributed by atoms with Crippen LogP contribution in [-0.2, 0) is 27.2 Å². The zero-order chi connectivity index (χ0) is 18.7. The van der Waals surface area contributed by atoms with E-state index in [2.05, 4.69) is 12.2 Å². The van der Waals surface area contributed by atoms with E-state index < -0.39 is 11.9 Å². The van der Waals surface area contributed by atoms with Crippen molar-refractivity contribution in [2.24, 2.45) is 5.92 Å². The molecule has 3 rings (SSSR count). The second-order valence-electron chi connectivity index (χ2n) is 6.88. The van der Waals surface area contributed by atoms with E-state index in [4.69, 9.17) is 4.74 Å². The number of morpholine rings is 1. The van der Waals surface area contributed by atoms with Crippen LogP contribution in [0.1, 0.15) is 47.0 Å². The number of carboxylic acid groups (broad SMARTS) is 1. The summed E-state index contributed by atoms with van der Waals surface area (Å²) in [5.74, 6) is -1.19. The molecule has 0 radical (unpaired) electrons. The summed E-state index contributed by atoms with van der Waals surface area (Å²) >= 11 is 1.45. The molecule has 7 nitrogen and oxygen atoms in total. The number of amides is 2. The number of nitrogens with one attached hydrogen (secondary N) is 1. The number of hydrogen-bond acceptors (Lipinski definition) is 6. The highest BCUT2D eigenvalue weighted by molar-refractivity contribution is 7.17. The molecule has 0 bridgehead atoms. The minimum absolute atomic E-state index is 0.0736. The SMILES string of the molecule is C[C@H]1CCc2c(sc(NC(=O)CCC(=O)[O-])c2C(=O)N2CCOCC2)C1. The zero-order valence-corrected chi connectivity index (χ0v) is 15.7. The molecule has 2 amide bonds. The standard InChI is InChI=1S/C18H24N2O5S/c1-11-2-3-12-13(10-11)26-17(19-14(21)4-5-15(22)23)16(12)18(24)20-6-8-25-9-7-20/h11H,2-10H2,1H3,(H,19,21)(H,22,23)/p-1/t11-/m0/s1. The molecule has 26 heavy (non-hydrogen) atoms. The van der Waals surface area contributed by atoms with Crippen LogP contribution in [0, 0.1) is 5.92 Å². The quantitative estimate of drug-likeness (QED) is 0.816. The highest BCUT2D eigenvalue weighted by atomic mass is 32.1. The predicted octanol–water partition coefficient (Wildman–Crippen LogP) is 0.814. The Morgan fingerprint density at radius 1 is 1.27 bits per heavy atom. The van der Waals surface area contributed by atoms with E-state index in [0.717, 1.165) is 29.7 Å². The summed E-state index contributed by atoms with van der Waals surface area (Å²) in [5, 5.41) is 13.9. The highest BCUT2D eigenvalue weighted by Gasteiger charge is 2.31. The van der Waals surface area contributed by atoms with E-state index >= 15 is 0 Å². The number of thiophene rings is 1. The van der Waals surface area contributed by atoms with Crippen LogP contribution in [-0.4, -0.2) is 49.0 Å². The number of carbonyl (C=O) groups excluding carboxylic acids is 3. The summed E-state index contributed by atoms with van der Waals surface area (Å²) in [6, 6.07) is 0. The van der Waals surface area contributed by atoms with Gasteiger partial charge in [-0.1, -0.05) is 6.92 Å². The molecular formula is C18H23N2O5S-. The van der Waals surface area contributed by atoms with Crippen molar-refractivity contribution in [3.8, 4) is 0 Å². The first-order valence-electron chi connectivity index (χ1n) is 8.97. The van der Waals surface area contributed by atoms with Gasteiger partial charge in [0, 0.05) is 30.4 Å². The molecule has 0 unspecified atom stereocenters. The Bertz CT molecular complexity index is 709. The summed E-state index contributed by atoms with van der Waals surface area (Å²) in [4.78, 5) is 38.7. The van der Waals surface area contributed by atoms with Crippen LogP contribution >= 0.6 is 11.3 Å². The fourth-order valence-electron chi connectivity index (χ4n) is 3.39. The second-order valence-corrected chi connectivity index (χ2v) is 7.99. The van der Waals surface area contributed by atoms with Gasteiger partial charge in [0.1, 0.15) is 5.00 Å². The maximum Gasteiger partial charge on any atom is 0.257 e. The van der Waals surface area contributed by atoms with Crippen LogP contribution in [0.5, 0.6) is 0 Å². The van der Waals surface area contributed by atoms with Gasteiger partial charge in [-0.2, -0.15) is 0 Å². The first-order chi connectivity index (χ1) is 12.5. The van der Waals surface area contributed by atoms with Crippen LogP contribution in [0.4, 0.5) is 5.00 Å². The van der Waals surface area contributed by atoms with Gasteiger partial charge >= 0.3 is 0 Å². The van der Waals surface area contributed by atoms with Crippen molar-refractivity contribution < 1.29 is 24.2 Å². The molecule has 142 valence electrons. The van der Waals surface area contributed by atoms with Crippen LogP contribution in [0.2, 0.25) is 0 Å². The number of hydrogen-bond donors (Lipinski definition) is 1. The first kappa shape index (κ1) is 18.8. The Balaban J connectivity index is 1.86. The number of carboxylic acids is 1. The van der Waals surface area contributed by atoms with Gasteiger partial charge in [0.25, 0.3) is 5.91 Å². The minimum atomic E-state index is -1.26. The van der Waals surface area contributed by atoms with Crippen molar-refractivity contribution in [3.05, 3.63) is 16.0 Å². The molecule has 0 saturated carbocycles. The number of nitrogens with zero attached hydrogens (tertiary/aromatic N) is 1. The minimum Gasteiger partial charge on any atom is -0.550 e. The smallest absolute Gasteiger partial charge is 0.257 e. The van der Waals surface area contributed by atoms with Gasteiger partial charge in [0.15, 0.2) is 0 Å². The van der Waals surface area contributed by atoms with E-state index in [1.807, 2.05) is 0 Å². The third-order valence-corrected chi connectivity index (χ3v) is 6.00. The Morgan fingerprint density at radius 2 is 2.00 bits per heavy atom. The van der Waals surface area contributed by atoms with Gasteiger partial charge in [-0.25, -0.2) is 0 Å². The summed E-state index contributed by atoms with van der Waals surface area (Å²) in [6.07, 6.45) is 2.25. The molecule has 1 aromatic rings. The summed E-state index contributed by atoms with van der Waals surface area (Å²) in [6.45, 7) is 4.30. The molecule has 2 aliphatic rings. The van der Waals surface area contributed by atoms with Crippen molar-refractivity contribution >= 4 is 34.1 Å². The fourth-order valence-corrected chi connectivity index (χ4v) is 4.81. The number of ether oxygens (including phenoxy) is 1. The van der Waals surface area contributed by atoms with Crippen LogP contribution in [0.25, 0.3) is 0 Å². The molecule has 1 fully saturated rings. The Labute approximate surface area is 156 Å². The molecule has 8 heteroatoms. The van der Waals surface area contributed by atoms with Gasteiger partial charge in [0.2, 0.25) is 5.91 Å². The third kappa shape index (κ3) is 4.24. The van der Waals surface area contributed by atoms with Crippen LogP contribution in [0.3, 0.4) is 0 Å². The largest absolute Gasteiger partial charge is 0.550 e. The Kier molecular flexibility index (Phi) is 5.93. The number of anilines is 1. The van der Waals surface area contributed by atoms with Crippen molar-refractivity contribution in [1.82, 2.24) is 4.90 Å². The van der Waals surface area contributed by atoms with Gasteiger partial charge in [0.05, 0.1) is 18.8 Å². The topological polar surface area (TPSA) is 98.8 Å². The zero-order valence-electron chi connectivity index (χ0n) is 14.8. The van der Waals surface area contributed by atoms with E-state index in [1.165, 1.54) is 11.3 Å². The van der Waals surface area contributed by atoms with Crippen molar-refractivity contribution in [2.45, 2.75) is 39.0 Å². The number of rotatable bonds is 5. The van der Waals surface area contributed by atoms with Gasteiger partial charge in [-0.15, -0.1) is 11.3 Å². The number of carbonyl (C=O) groups is 3. The second kappa shape index (κ2) is 8.18. The lowest BCUT2D eigenvalue weighted by Gasteiger charge is -2.28.